The van der Waals surface area contributed by atoms with Crippen LogP contribution < -0.4 is 10.6 Å². The van der Waals surface area contributed by atoms with E-state index in [-0.39, 0.29) is 32.1 Å². The third-order valence-corrected chi connectivity index (χ3v) is 12.1. The molecule has 0 radical (unpaired) electrons. The van der Waals surface area contributed by atoms with Gasteiger partial charge in [0.1, 0.15) is 23.2 Å². The zero-order chi connectivity index (χ0) is 38.6. The molecular formula is C36H65N3O10Si2. The van der Waals surface area contributed by atoms with Gasteiger partial charge < -0.3 is 34.7 Å². The maximum atomic E-state index is 13.5. The monoisotopic (exact) mass is 755 g/mol. The van der Waals surface area contributed by atoms with Gasteiger partial charge in [0.2, 0.25) is 5.91 Å². The van der Waals surface area contributed by atoms with Crippen molar-refractivity contribution in [1.82, 2.24) is 15.5 Å². The van der Waals surface area contributed by atoms with Crippen molar-refractivity contribution in [2.45, 2.75) is 153 Å². The number of unbranched alkanes of at least 4 members (excludes halogenated alkanes) is 3. The summed E-state index contributed by atoms with van der Waals surface area (Å²) in [5.74, 6) is -1.79. The van der Waals surface area contributed by atoms with E-state index in [1.165, 1.54) is 4.90 Å². The highest BCUT2D eigenvalue weighted by molar-refractivity contribution is 6.76. The maximum Gasteiger partial charge on any atom is 0.410 e. The zero-order valence-electron chi connectivity index (χ0n) is 32.7. The molecule has 0 spiro atoms. The van der Waals surface area contributed by atoms with E-state index in [2.05, 4.69) is 49.9 Å². The average molecular weight is 756 g/mol. The second-order valence-electron chi connectivity index (χ2n) is 17.2. The smallest absolute Gasteiger partial charge is 0.410 e. The quantitative estimate of drug-likeness (QED) is 0.0495. The Morgan fingerprint density at radius 2 is 1.57 bits per heavy atom. The summed E-state index contributed by atoms with van der Waals surface area (Å²) >= 11 is 0. The van der Waals surface area contributed by atoms with Crippen LogP contribution in [0.3, 0.4) is 0 Å². The number of ether oxygens (including phenoxy) is 4. The molecule has 0 aromatic heterocycles. The molecule has 13 nitrogen and oxygen atoms in total. The molecule has 1 aliphatic heterocycles. The van der Waals surface area contributed by atoms with Crippen molar-refractivity contribution in [1.29, 1.82) is 0 Å². The minimum absolute atomic E-state index is 0.0167. The van der Waals surface area contributed by atoms with Crippen LogP contribution in [0.5, 0.6) is 0 Å². The summed E-state index contributed by atoms with van der Waals surface area (Å²) in [4.78, 5) is 65.9. The molecule has 0 aromatic carbocycles. The van der Waals surface area contributed by atoms with Gasteiger partial charge in [-0.2, -0.15) is 0 Å². The normalized spacial score (nSPS) is 22.6. The number of allylic oxidation sites excluding steroid dienone is 1. The topological polar surface area (TPSA) is 170 Å². The predicted molar refractivity (Wildman–Crippen MR) is 201 cm³/mol. The van der Waals surface area contributed by atoms with Crippen LogP contribution in [-0.2, 0) is 33.3 Å². The lowest BCUT2D eigenvalue weighted by atomic mass is 10.1. The number of esters is 2. The molecule has 2 rings (SSSR count). The lowest BCUT2D eigenvalue weighted by Gasteiger charge is -2.26. The minimum Gasteiger partial charge on any atom is -0.464 e. The lowest BCUT2D eigenvalue weighted by molar-refractivity contribution is -0.149. The van der Waals surface area contributed by atoms with Gasteiger partial charge in [0.15, 0.2) is 0 Å². The number of aliphatic hydroxyl groups excluding tert-OH is 1. The third-order valence-electron chi connectivity index (χ3n) is 8.70. The van der Waals surface area contributed by atoms with Gasteiger partial charge in [-0.25, -0.2) is 19.2 Å². The van der Waals surface area contributed by atoms with E-state index in [0.717, 1.165) is 24.9 Å². The first-order valence-electron chi connectivity index (χ1n) is 18.5. The fraction of sp³-hybridized carbons (Fsp3) is 0.806. The number of hydrogen-bond donors (Lipinski definition) is 3. The number of hydrogen-bond acceptors (Lipinski definition) is 10. The second kappa shape index (κ2) is 19.2. The second-order valence-corrected chi connectivity index (χ2v) is 28.5. The van der Waals surface area contributed by atoms with Gasteiger partial charge in [0.05, 0.1) is 32.5 Å². The summed E-state index contributed by atoms with van der Waals surface area (Å²) in [6, 6.07) is -0.142. The van der Waals surface area contributed by atoms with Gasteiger partial charge in [0.25, 0.3) is 0 Å². The zero-order valence-corrected chi connectivity index (χ0v) is 34.7. The van der Waals surface area contributed by atoms with E-state index in [1.807, 2.05) is 12.2 Å². The number of rotatable bonds is 19. The van der Waals surface area contributed by atoms with Gasteiger partial charge in [-0.05, 0) is 65.5 Å². The lowest BCUT2D eigenvalue weighted by Crippen LogP contribution is -2.53. The number of amides is 3. The minimum atomic E-state index is -1.43. The molecule has 292 valence electrons. The Labute approximate surface area is 306 Å². The standard InChI is InChI=1S/C36H65N3O10Si2/c1-11-46-32(43)36(38-30(41)29-23-27(40)25-39(29)34(45)48-20-22-51(8,9)10)24-26(36)17-15-13-12-14-16-18-28(37-33(44)49-35(2,3)4)31(42)47-19-21-50(5,6)7/h15,17,26-29,40H,11-14,16,18-25H2,1-10H3,(H,37,44)(H,38,41)/b17-15-/t26-,27-,28+,29+,36-/m1/s1. The first-order chi connectivity index (χ1) is 23.6. The molecule has 1 heterocycles. The maximum absolute atomic E-state index is 13.5. The van der Waals surface area contributed by atoms with Crippen LogP contribution in [0.1, 0.15) is 72.6 Å². The number of alkyl carbamates (subject to hydrolysis) is 1. The summed E-state index contributed by atoms with van der Waals surface area (Å²) in [7, 11) is -2.83. The fourth-order valence-corrected chi connectivity index (χ4v) is 7.04. The van der Waals surface area contributed by atoms with Gasteiger partial charge in [-0.15, -0.1) is 0 Å². The molecule has 0 aromatic rings. The molecule has 1 saturated heterocycles. The van der Waals surface area contributed by atoms with Crippen LogP contribution in [0.4, 0.5) is 9.59 Å². The number of nitrogens with one attached hydrogen (secondary N) is 2. The number of nitrogens with zero attached hydrogens (tertiary/aromatic N) is 1. The van der Waals surface area contributed by atoms with Gasteiger partial charge >= 0.3 is 24.1 Å². The molecular weight excluding hydrogens is 691 g/mol. The van der Waals surface area contributed by atoms with Crippen LogP contribution >= 0.6 is 0 Å². The van der Waals surface area contributed by atoms with Crippen molar-refractivity contribution in [2.75, 3.05) is 26.4 Å². The van der Waals surface area contributed by atoms with E-state index in [0.29, 0.717) is 32.3 Å². The molecule has 3 amide bonds. The van der Waals surface area contributed by atoms with Gasteiger partial charge in [-0.3, -0.25) is 9.69 Å². The number of carbonyl (C=O) groups is 5. The summed E-state index contributed by atoms with van der Waals surface area (Å²) in [5.41, 5.74) is -1.93. The van der Waals surface area contributed by atoms with Gasteiger partial charge in [0, 0.05) is 28.5 Å². The number of carbonyl (C=O) groups excluding carboxylic acids is 5. The molecule has 2 fully saturated rings. The first-order valence-corrected chi connectivity index (χ1v) is 25.9. The Balaban J connectivity index is 1.93. The Kier molecular flexibility index (Phi) is 16.7. The fourth-order valence-electron chi connectivity index (χ4n) is 5.61. The number of likely N-dealkylation sites (tertiary alicyclic amines) is 1. The van der Waals surface area contributed by atoms with Crippen molar-refractivity contribution in [3.8, 4) is 0 Å². The highest BCUT2D eigenvalue weighted by Crippen LogP contribution is 2.46. The number of aliphatic hydroxyl groups is 1. The molecule has 15 heteroatoms. The van der Waals surface area contributed by atoms with Crippen LogP contribution in [0.15, 0.2) is 12.2 Å². The van der Waals surface area contributed by atoms with Crippen molar-refractivity contribution in [2.24, 2.45) is 5.92 Å². The SMILES string of the molecule is CCOC(=O)[C@@]1(NC(=O)[C@@H]2C[C@@H](O)CN2C(=O)OCC[Si](C)(C)C)C[C@H]1/C=C\CCCCC[C@H](NC(=O)OC(C)(C)C)C(=O)OCC[Si](C)(C)C. The highest BCUT2D eigenvalue weighted by atomic mass is 28.3. The molecule has 3 N–H and O–H groups in total. The summed E-state index contributed by atoms with van der Waals surface area (Å²) in [6.07, 6.45) is 5.51. The Morgan fingerprint density at radius 3 is 2.16 bits per heavy atom. The molecule has 1 saturated carbocycles. The van der Waals surface area contributed by atoms with Crippen LogP contribution in [-0.4, -0.2) is 112 Å². The number of β-amino-alcohol motifs (C(OH)–C–C–N with tert-alkyl or cyclic N) is 1. The van der Waals surface area contributed by atoms with E-state index >= 15 is 0 Å². The average Bonchev–Trinajstić information content (AvgIpc) is 3.53. The highest BCUT2D eigenvalue weighted by Gasteiger charge is 2.62. The molecule has 51 heavy (non-hydrogen) atoms. The predicted octanol–water partition coefficient (Wildman–Crippen LogP) is 5.62. The third kappa shape index (κ3) is 16.1. The first kappa shape index (κ1) is 44.2. The van der Waals surface area contributed by atoms with E-state index < -0.39 is 75.5 Å². The van der Waals surface area contributed by atoms with E-state index in [4.69, 9.17) is 18.9 Å². The molecule has 0 unspecified atom stereocenters. The van der Waals surface area contributed by atoms with Crippen LogP contribution in [0.2, 0.25) is 51.4 Å². The van der Waals surface area contributed by atoms with Crippen molar-refractivity contribution in [3.63, 3.8) is 0 Å². The Hall–Kier alpha value is -2.92. The molecule has 1 aliphatic carbocycles. The van der Waals surface area contributed by atoms with Crippen LogP contribution in [0, 0.1) is 5.92 Å². The summed E-state index contributed by atoms with van der Waals surface area (Å²) in [5, 5.41) is 15.9. The van der Waals surface area contributed by atoms with Crippen LogP contribution in [0.25, 0.3) is 0 Å². The summed E-state index contributed by atoms with van der Waals surface area (Å²) < 4.78 is 21.6. The van der Waals surface area contributed by atoms with Crippen molar-refractivity contribution >= 4 is 46.2 Å². The largest absolute Gasteiger partial charge is 0.464 e. The molecule has 5 atom stereocenters. The Morgan fingerprint density at radius 1 is 0.941 bits per heavy atom. The molecule has 0 bridgehead atoms. The summed E-state index contributed by atoms with van der Waals surface area (Å²) in [6.45, 7) is 20.8. The Bertz CT molecular complexity index is 1230. The van der Waals surface area contributed by atoms with Crippen molar-refractivity contribution < 1.29 is 48.0 Å². The van der Waals surface area contributed by atoms with E-state index in [9.17, 15) is 29.1 Å². The van der Waals surface area contributed by atoms with Gasteiger partial charge in [-0.1, -0.05) is 64.3 Å². The molecule has 2 aliphatic rings. The van der Waals surface area contributed by atoms with Crippen molar-refractivity contribution in [3.05, 3.63) is 12.2 Å². The van der Waals surface area contributed by atoms with E-state index in [1.54, 1.807) is 27.7 Å².